The summed E-state index contributed by atoms with van der Waals surface area (Å²) >= 11 is 6.10. The molecule has 2 amide bonds. The average Bonchev–Trinajstić information content (AvgIpc) is 3.28. The molecule has 6 heteroatoms. The molecule has 3 atom stereocenters. The zero-order valence-corrected chi connectivity index (χ0v) is 15.8. The second-order valence-corrected chi connectivity index (χ2v) is 7.93. The molecule has 138 valence electrons. The zero-order chi connectivity index (χ0) is 18.7. The highest BCUT2D eigenvalue weighted by atomic mass is 35.5. The van der Waals surface area contributed by atoms with Crippen molar-refractivity contribution in [3.05, 3.63) is 64.7 Å². The van der Waals surface area contributed by atoms with E-state index in [0.29, 0.717) is 10.7 Å². The van der Waals surface area contributed by atoms with Gasteiger partial charge in [0.15, 0.2) is 0 Å². The van der Waals surface area contributed by atoms with Gasteiger partial charge in [0.25, 0.3) is 5.91 Å². The molecule has 2 aromatic carbocycles. The number of hydrogen-bond acceptors (Lipinski definition) is 4. The van der Waals surface area contributed by atoms with Crippen LogP contribution in [0.1, 0.15) is 23.6 Å². The highest BCUT2D eigenvalue weighted by Gasteiger charge is 2.62. The Morgan fingerprint density at radius 2 is 1.63 bits per heavy atom. The fraction of sp³-hybridized carbons (Fsp3) is 0.333. The molecule has 0 unspecified atom stereocenters. The largest absolute Gasteiger partial charge is 0.274 e. The van der Waals surface area contributed by atoms with Crippen molar-refractivity contribution in [3.8, 4) is 0 Å². The molecule has 0 aromatic heterocycles. The number of hydrogen-bond donors (Lipinski definition) is 0. The van der Waals surface area contributed by atoms with Crippen LogP contribution in [0, 0.1) is 12.8 Å². The number of benzene rings is 2. The van der Waals surface area contributed by atoms with Crippen molar-refractivity contribution >= 4 is 29.1 Å². The third-order valence-corrected chi connectivity index (χ3v) is 6.13. The topological polar surface area (TPSA) is 43.9 Å². The summed E-state index contributed by atoms with van der Waals surface area (Å²) in [6.45, 7) is 3.74. The smallest absolute Gasteiger partial charge is 0.253 e. The number of fused-ring (bicyclic) bond motifs is 3. The molecule has 0 saturated carbocycles. The number of nitrogens with zero attached hydrogens (tertiary/aromatic N) is 3. The predicted octanol–water partition coefficient (Wildman–Crippen LogP) is 3.18. The fourth-order valence-electron chi connectivity index (χ4n) is 4.75. The first-order valence-electron chi connectivity index (χ1n) is 9.29. The minimum absolute atomic E-state index is 0.0984. The molecule has 3 aliphatic heterocycles. The molecule has 0 N–H and O–H groups in total. The van der Waals surface area contributed by atoms with E-state index in [2.05, 4.69) is 41.2 Å². The number of amides is 2. The van der Waals surface area contributed by atoms with Crippen LogP contribution in [0.4, 0.5) is 5.69 Å². The SMILES string of the molecule is Cc1ccc([C@@H]2[C@H]3C(=O)N(c4cccc(Cl)c4)C(=O)[C@H]3N3CCCN23)cc1. The molecule has 0 spiro atoms. The summed E-state index contributed by atoms with van der Waals surface area (Å²) in [5, 5.41) is 4.86. The summed E-state index contributed by atoms with van der Waals surface area (Å²) in [5.74, 6) is -0.666. The Bertz CT molecular complexity index is 929. The van der Waals surface area contributed by atoms with Gasteiger partial charge in [0.1, 0.15) is 6.04 Å². The number of carbonyl (C=O) groups is 2. The second-order valence-electron chi connectivity index (χ2n) is 7.50. The first-order valence-corrected chi connectivity index (χ1v) is 9.67. The van der Waals surface area contributed by atoms with E-state index in [1.54, 1.807) is 24.3 Å². The van der Waals surface area contributed by atoms with Crippen LogP contribution >= 0.6 is 11.6 Å². The van der Waals surface area contributed by atoms with Crippen molar-refractivity contribution in [2.45, 2.75) is 25.4 Å². The normalized spacial score (nSPS) is 28.1. The van der Waals surface area contributed by atoms with Gasteiger partial charge >= 0.3 is 0 Å². The molecule has 0 bridgehead atoms. The molecular formula is C21H20ClN3O2. The molecular weight excluding hydrogens is 362 g/mol. The van der Waals surface area contributed by atoms with Gasteiger partial charge in [0.05, 0.1) is 17.6 Å². The maximum atomic E-state index is 13.4. The summed E-state index contributed by atoms with van der Waals surface area (Å²) < 4.78 is 0. The standard InChI is InChI=1S/C21H20ClN3O2/c1-13-6-8-14(9-7-13)18-17-19(24-11-3-10-23(18)24)21(27)25(20(17)26)16-5-2-4-15(22)12-16/h2,4-9,12,17-19H,3,10-11H2,1H3/t17-,18-,19+/m1/s1. The fourth-order valence-corrected chi connectivity index (χ4v) is 4.93. The number of halogens is 1. The van der Waals surface area contributed by atoms with Crippen LogP contribution in [0.5, 0.6) is 0 Å². The Kier molecular flexibility index (Phi) is 3.86. The van der Waals surface area contributed by atoms with Gasteiger partial charge in [-0.3, -0.25) is 9.59 Å². The molecule has 5 rings (SSSR count). The summed E-state index contributed by atoms with van der Waals surface area (Å²) in [7, 11) is 0. The predicted molar refractivity (Wildman–Crippen MR) is 103 cm³/mol. The van der Waals surface area contributed by atoms with E-state index in [1.807, 2.05) is 0 Å². The third kappa shape index (κ3) is 2.46. The summed E-state index contributed by atoms with van der Waals surface area (Å²) in [5.41, 5.74) is 2.83. The van der Waals surface area contributed by atoms with Crippen molar-refractivity contribution in [3.63, 3.8) is 0 Å². The molecule has 3 heterocycles. The Morgan fingerprint density at radius 3 is 2.33 bits per heavy atom. The van der Waals surface area contributed by atoms with E-state index in [9.17, 15) is 9.59 Å². The molecule has 0 radical (unpaired) electrons. The summed E-state index contributed by atoms with van der Waals surface area (Å²) in [6, 6.07) is 14.7. The Morgan fingerprint density at radius 1 is 0.926 bits per heavy atom. The Balaban J connectivity index is 1.59. The lowest BCUT2D eigenvalue weighted by Crippen LogP contribution is -2.44. The lowest BCUT2D eigenvalue weighted by atomic mass is 9.89. The molecule has 5 nitrogen and oxygen atoms in total. The summed E-state index contributed by atoms with van der Waals surface area (Å²) in [4.78, 5) is 28.0. The van der Waals surface area contributed by atoms with Crippen LogP contribution in [0.25, 0.3) is 0 Å². The number of hydrazine groups is 1. The van der Waals surface area contributed by atoms with Gasteiger partial charge in [-0.1, -0.05) is 47.5 Å². The quantitative estimate of drug-likeness (QED) is 0.749. The number of rotatable bonds is 2. The van der Waals surface area contributed by atoms with Crippen LogP contribution in [-0.4, -0.2) is 41.0 Å². The Labute approximate surface area is 163 Å². The van der Waals surface area contributed by atoms with Crippen molar-refractivity contribution < 1.29 is 9.59 Å². The van der Waals surface area contributed by atoms with Crippen molar-refractivity contribution in [1.82, 2.24) is 10.0 Å². The van der Waals surface area contributed by atoms with Gasteiger partial charge in [-0.05, 0) is 37.1 Å². The number of carbonyl (C=O) groups excluding carboxylic acids is 2. The van der Waals surface area contributed by atoms with Crippen LogP contribution in [0.3, 0.4) is 0 Å². The molecule has 3 aliphatic rings. The first-order chi connectivity index (χ1) is 13.1. The van der Waals surface area contributed by atoms with Crippen LogP contribution in [0.2, 0.25) is 5.02 Å². The van der Waals surface area contributed by atoms with Gasteiger partial charge in [-0.15, -0.1) is 0 Å². The van der Waals surface area contributed by atoms with E-state index < -0.39 is 6.04 Å². The van der Waals surface area contributed by atoms with Gasteiger partial charge in [-0.2, -0.15) is 0 Å². The molecule has 3 saturated heterocycles. The molecule has 2 aromatic rings. The van der Waals surface area contributed by atoms with Crippen molar-refractivity contribution in [2.75, 3.05) is 18.0 Å². The van der Waals surface area contributed by atoms with E-state index >= 15 is 0 Å². The zero-order valence-electron chi connectivity index (χ0n) is 15.0. The van der Waals surface area contributed by atoms with E-state index in [4.69, 9.17) is 11.6 Å². The molecule has 27 heavy (non-hydrogen) atoms. The maximum absolute atomic E-state index is 13.4. The maximum Gasteiger partial charge on any atom is 0.253 e. The van der Waals surface area contributed by atoms with Crippen molar-refractivity contribution in [2.24, 2.45) is 5.92 Å². The van der Waals surface area contributed by atoms with Gasteiger partial charge in [0, 0.05) is 18.1 Å². The van der Waals surface area contributed by atoms with E-state index in [1.165, 1.54) is 10.5 Å². The van der Waals surface area contributed by atoms with Gasteiger partial charge in [-0.25, -0.2) is 14.9 Å². The highest BCUT2D eigenvalue weighted by Crippen LogP contribution is 2.48. The number of anilines is 1. The lowest BCUT2D eigenvalue weighted by Gasteiger charge is -2.29. The van der Waals surface area contributed by atoms with E-state index in [0.717, 1.165) is 25.1 Å². The minimum Gasteiger partial charge on any atom is -0.274 e. The molecule has 0 aliphatic carbocycles. The van der Waals surface area contributed by atoms with Gasteiger partial charge in [0.2, 0.25) is 5.91 Å². The van der Waals surface area contributed by atoms with Crippen LogP contribution in [-0.2, 0) is 9.59 Å². The van der Waals surface area contributed by atoms with Crippen LogP contribution < -0.4 is 4.90 Å². The lowest BCUT2D eigenvalue weighted by molar-refractivity contribution is -0.126. The highest BCUT2D eigenvalue weighted by molar-refractivity contribution is 6.31. The number of aryl methyl sites for hydroxylation is 1. The first kappa shape index (κ1) is 16.9. The molecule has 3 fully saturated rings. The van der Waals surface area contributed by atoms with Gasteiger partial charge < -0.3 is 0 Å². The third-order valence-electron chi connectivity index (χ3n) is 5.89. The van der Waals surface area contributed by atoms with Crippen molar-refractivity contribution in [1.29, 1.82) is 0 Å². The average molecular weight is 382 g/mol. The Hall–Kier alpha value is -2.21. The van der Waals surface area contributed by atoms with E-state index in [-0.39, 0.29) is 23.8 Å². The van der Waals surface area contributed by atoms with Crippen LogP contribution in [0.15, 0.2) is 48.5 Å². The number of imide groups is 1. The minimum atomic E-state index is -0.426. The monoisotopic (exact) mass is 381 g/mol. The second kappa shape index (κ2) is 6.16. The summed E-state index contributed by atoms with van der Waals surface area (Å²) in [6.07, 6.45) is 1.00.